The van der Waals surface area contributed by atoms with Crippen molar-refractivity contribution in [3.8, 4) is 11.3 Å². The summed E-state index contributed by atoms with van der Waals surface area (Å²) in [5, 5.41) is 7.55. The molecule has 2 aromatic rings. The lowest BCUT2D eigenvalue weighted by Crippen LogP contribution is -2.07. The summed E-state index contributed by atoms with van der Waals surface area (Å²) in [7, 11) is 0. The van der Waals surface area contributed by atoms with E-state index in [-0.39, 0.29) is 0 Å². The van der Waals surface area contributed by atoms with E-state index >= 15 is 0 Å². The van der Waals surface area contributed by atoms with Crippen LogP contribution < -0.4 is 0 Å². The van der Waals surface area contributed by atoms with Crippen molar-refractivity contribution in [2.75, 3.05) is 0 Å². The number of nitrogens with one attached hydrogen (secondary N) is 1. The van der Waals surface area contributed by atoms with Crippen LogP contribution in [0.15, 0.2) is 30.6 Å². The Hall–Kier alpha value is -1.64. The number of aromatic amines is 1. The standard InChI is InChI=1S/C16H21N3/c1-2-5-13(6-3-1)8-9-15-11-16(19-18-15)14-7-4-10-17-12-14/h4,7,10-13H,1-3,5-6,8-9H2,(H,18,19). The van der Waals surface area contributed by atoms with Crippen molar-refractivity contribution in [3.05, 3.63) is 36.3 Å². The van der Waals surface area contributed by atoms with Crippen LogP contribution in [0.25, 0.3) is 11.3 Å². The molecule has 0 aliphatic heterocycles. The first-order valence-electron chi connectivity index (χ1n) is 7.36. The summed E-state index contributed by atoms with van der Waals surface area (Å²) in [6.07, 6.45) is 13.2. The molecule has 0 spiro atoms. The van der Waals surface area contributed by atoms with Crippen LogP contribution in [0.4, 0.5) is 0 Å². The van der Waals surface area contributed by atoms with Gasteiger partial charge in [-0.25, -0.2) is 0 Å². The summed E-state index contributed by atoms with van der Waals surface area (Å²) in [5.74, 6) is 0.930. The maximum atomic E-state index is 4.39. The minimum atomic E-state index is 0.930. The van der Waals surface area contributed by atoms with Crippen LogP contribution in [0.3, 0.4) is 0 Å². The van der Waals surface area contributed by atoms with Gasteiger partial charge >= 0.3 is 0 Å². The van der Waals surface area contributed by atoms with E-state index in [0.717, 1.165) is 23.6 Å². The number of aryl methyl sites for hydroxylation is 1. The molecule has 0 unspecified atom stereocenters. The van der Waals surface area contributed by atoms with Gasteiger partial charge in [-0.2, -0.15) is 5.10 Å². The summed E-state index contributed by atoms with van der Waals surface area (Å²) in [5.41, 5.74) is 3.35. The Morgan fingerprint density at radius 2 is 2.11 bits per heavy atom. The fourth-order valence-electron chi connectivity index (χ4n) is 2.99. The Morgan fingerprint density at radius 3 is 2.89 bits per heavy atom. The van der Waals surface area contributed by atoms with Crippen LogP contribution in [0.5, 0.6) is 0 Å². The molecule has 0 amide bonds. The zero-order valence-electron chi connectivity index (χ0n) is 11.3. The Bertz CT molecular complexity index is 498. The third-order valence-electron chi connectivity index (χ3n) is 4.13. The van der Waals surface area contributed by atoms with E-state index in [1.54, 1.807) is 6.20 Å². The quantitative estimate of drug-likeness (QED) is 0.897. The van der Waals surface area contributed by atoms with Crippen LogP contribution in [0.1, 0.15) is 44.2 Å². The van der Waals surface area contributed by atoms with Crippen molar-refractivity contribution < 1.29 is 0 Å². The van der Waals surface area contributed by atoms with Gasteiger partial charge in [-0.05, 0) is 37.0 Å². The van der Waals surface area contributed by atoms with E-state index in [9.17, 15) is 0 Å². The molecule has 2 aromatic heterocycles. The molecule has 1 saturated carbocycles. The van der Waals surface area contributed by atoms with Gasteiger partial charge in [0.25, 0.3) is 0 Å². The van der Waals surface area contributed by atoms with Gasteiger partial charge in [-0.3, -0.25) is 10.1 Å². The van der Waals surface area contributed by atoms with Crippen molar-refractivity contribution in [2.24, 2.45) is 5.92 Å². The lowest BCUT2D eigenvalue weighted by atomic mass is 9.86. The van der Waals surface area contributed by atoms with Crippen LogP contribution in [0.2, 0.25) is 0 Å². The third-order valence-corrected chi connectivity index (χ3v) is 4.13. The summed E-state index contributed by atoms with van der Waals surface area (Å²) in [4.78, 5) is 4.14. The maximum absolute atomic E-state index is 4.39. The Morgan fingerprint density at radius 1 is 1.21 bits per heavy atom. The topological polar surface area (TPSA) is 41.6 Å². The van der Waals surface area contributed by atoms with Crippen molar-refractivity contribution in [1.82, 2.24) is 15.2 Å². The van der Waals surface area contributed by atoms with E-state index < -0.39 is 0 Å². The molecule has 3 rings (SSSR count). The molecule has 1 aliphatic carbocycles. The van der Waals surface area contributed by atoms with Gasteiger partial charge in [-0.1, -0.05) is 32.1 Å². The molecule has 3 heteroatoms. The highest BCUT2D eigenvalue weighted by molar-refractivity contribution is 5.57. The molecule has 3 nitrogen and oxygen atoms in total. The van der Waals surface area contributed by atoms with E-state index in [1.807, 2.05) is 18.3 Å². The zero-order valence-corrected chi connectivity index (χ0v) is 11.3. The number of hydrogen-bond acceptors (Lipinski definition) is 2. The SMILES string of the molecule is c1cncc(-c2cc(CCC3CCCCC3)[nH]n2)c1. The molecule has 1 aliphatic rings. The van der Waals surface area contributed by atoms with Gasteiger partial charge in [-0.15, -0.1) is 0 Å². The molecule has 1 N–H and O–H groups in total. The second-order valence-corrected chi connectivity index (χ2v) is 5.56. The lowest BCUT2D eigenvalue weighted by Gasteiger charge is -2.20. The Labute approximate surface area is 114 Å². The molecular formula is C16H21N3. The van der Waals surface area contributed by atoms with Gasteiger partial charge in [0.15, 0.2) is 0 Å². The summed E-state index contributed by atoms with van der Waals surface area (Å²) in [6, 6.07) is 6.17. The first-order valence-corrected chi connectivity index (χ1v) is 7.36. The second kappa shape index (κ2) is 6.00. The van der Waals surface area contributed by atoms with Crippen molar-refractivity contribution in [1.29, 1.82) is 0 Å². The van der Waals surface area contributed by atoms with Gasteiger partial charge in [0, 0.05) is 23.7 Å². The number of H-pyrrole nitrogens is 1. The highest BCUT2D eigenvalue weighted by Gasteiger charge is 2.13. The Kier molecular flexibility index (Phi) is 3.92. The summed E-state index contributed by atoms with van der Waals surface area (Å²) in [6.45, 7) is 0. The first kappa shape index (κ1) is 12.4. The van der Waals surface area contributed by atoms with Gasteiger partial charge in [0.05, 0.1) is 5.69 Å². The molecule has 0 aromatic carbocycles. The molecule has 100 valence electrons. The second-order valence-electron chi connectivity index (χ2n) is 5.56. The first-order chi connectivity index (χ1) is 9.42. The van der Waals surface area contributed by atoms with Crippen LogP contribution in [-0.4, -0.2) is 15.2 Å². The summed E-state index contributed by atoms with van der Waals surface area (Å²) < 4.78 is 0. The predicted octanol–water partition coefficient (Wildman–Crippen LogP) is 3.98. The Balaban J connectivity index is 1.59. The van der Waals surface area contributed by atoms with Gasteiger partial charge < -0.3 is 0 Å². The van der Waals surface area contributed by atoms with E-state index in [4.69, 9.17) is 0 Å². The molecule has 0 saturated heterocycles. The fourth-order valence-corrected chi connectivity index (χ4v) is 2.99. The largest absolute Gasteiger partial charge is 0.282 e. The summed E-state index contributed by atoms with van der Waals surface area (Å²) >= 11 is 0. The average molecular weight is 255 g/mol. The van der Waals surface area contributed by atoms with Crippen molar-refractivity contribution in [2.45, 2.75) is 44.9 Å². The molecular weight excluding hydrogens is 234 g/mol. The van der Waals surface area contributed by atoms with Crippen LogP contribution >= 0.6 is 0 Å². The monoisotopic (exact) mass is 255 g/mol. The molecule has 2 heterocycles. The predicted molar refractivity (Wildman–Crippen MR) is 76.7 cm³/mol. The van der Waals surface area contributed by atoms with Gasteiger partial charge in [0.1, 0.15) is 0 Å². The third kappa shape index (κ3) is 3.22. The van der Waals surface area contributed by atoms with Crippen molar-refractivity contribution in [3.63, 3.8) is 0 Å². The van der Waals surface area contributed by atoms with E-state index in [1.165, 1.54) is 44.2 Å². The molecule has 1 fully saturated rings. The number of pyridine rings is 1. The molecule has 0 radical (unpaired) electrons. The highest BCUT2D eigenvalue weighted by atomic mass is 15.1. The van der Waals surface area contributed by atoms with Gasteiger partial charge in [0.2, 0.25) is 0 Å². The maximum Gasteiger partial charge on any atom is 0.0939 e. The molecule has 0 bridgehead atoms. The zero-order chi connectivity index (χ0) is 12.9. The van der Waals surface area contributed by atoms with Crippen LogP contribution in [0, 0.1) is 5.92 Å². The molecule has 0 atom stereocenters. The van der Waals surface area contributed by atoms with E-state index in [0.29, 0.717) is 0 Å². The minimum Gasteiger partial charge on any atom is -0.282 e. The minimum absolute atomic E-state index is 0.930. The number of hydrogen-bond donors (Lipinski definition) is 1. The number of aromatic nitrogens is 3. The number of nitrogens with zero attached hydrogens (tertiary/aromatic N) is 2. The normalized spacial score (nSPS) is 16.6. The molecule has 19 heavy (non-hydrogen) atoms. The van der Waals surface area contributed by atoms with E-state index in [2.05, 4.69) is 21.2 Å². The van der Waals surface area contributed by atoms with Crippen molar-refractivity contribution >= 4 is 0 Å². The smallest absolute Gasteiger partial charge is 0.0939 e. The number of rotatable bonds is 4. The fraction of sp³-hybridized carbons (Fsp3) is 0.500. The average Bonchev–Trinajstić information content (AvgIpc) is 2.96. The lowest BCUT2D eigenvalue weighted by molar-refractivity contribution is 0.338. The van der Waals surface area contributed by atoms with Crippen LogP contribution in [-0.2, 0) is 6.42 Å². The highest BCUT2D eigenvalue weighted by Crippen LogP contribution is 2.27.